The first-order valence-corrected chi connectivity index (χ1v) is 15.7. The minimum absolute atomic E-state index is 0.000605. The van der Waals surface area contributed by atoms with Gasteiger partial charge in [-0.15, -0.1) is 5.10 Å². The standard InChI is InChI=1S/C31H31N5O8S/c1-3-24-27(30(39)29(38)25(16-37)44-24)33-31(40)17-8-13-21-20(14-17)28(36-23-7-5-4-6-22(23)34-35-36)26(15-32-21)45(41,42)19-11-9-18(43-2)10-12-19/h4-15,24-25,27,29-30,37-39H,3,16H2,1-2H3,(H,33,40). The summed E-state index contributed by atoms with van der Waals surface area (Å²) in [4.78, 5) is 17.9. The van der Waals surface area contributed by atoms with Gasteiger partial charge in [-0.2, -0.15) is 0 Å². The molecular formula is C31H31N5O8S. The summed E-state index contributed by atoms with van der Waals surface area (Å²) < 4.78 is 40.5. The molecule has 13 nitrogen and oxygen atoms in total. The zero-order valence-electron chi connectivity index (χ0n) is 24.3. The summed E-state index contributed by atoms with van der Waals surface area (Å²) in [6.45, 7) is 1.30. The van der Waals surface area contributed by atoms with Gasteiger partial charge in [0.1, 0.15) is 34.5 Å². The van der Waals surface area contributed by atoms with E-state index in [2.05, 4.69) is 20.6 Å². The Labute approximate surface area is 258 Å². The minimum Gasteiger partial charge on any atom is -0.497 e. The second-order valence-electron chi connectivity index (χ2n) is 10.7. The van der Waals surface area contributed by atoms with Crippen molar-refractivity contribution in [2.75, 3.05) is 13.7 Å². The van der Waals surface area contributed by atoms with Crippen molar-refractivity contribution >= 4 is 37.7 Å². The normalized spacial score (nSPS) is 22.0. The van der Waals surface area contributed by atoms with Crippen molar-refractivity contribution < 1.29 is 38.0 Å². The van der Waals surface area contributed by atoms with E-state index in [0.717, 1.165) is 0 Å². The Hall–Kier alpha value is -4.47. The molecule has 5 unspecified atom stereocenters. The van der Waals surface area contributed by atoms with Gasteiger partial charge in [-0.1, -0.05) is 24.3 Å². The van der Waals surface area contributed by atoms with Gasteiger partial charge in [0.2, 0.25) is 9.84 Å². The lowest BCUT2D eigenvalue weighted by molar-refractivity contribution is -0.193. The van der Waals surface area contributed by atoms with E-state index in [-0.39, 0.29) is 21.0 Å². The third-order valence-electron chi connectivity index (χ3n) is 8.02. The molecule has 1 saturated heterocycles. The number of methoxy groups -OCH3 is 1. The number of amides is 1. The number of fused-ring (bicyclic) bond motifs is 2. The number of ether oxygens (including phenoxy) is 2. The first-order chi connectivity index (χ1) is 21.7. The minimum atomic E-state index is -4.17. The molecule has 0 aliphatic carbocycles. The summed E-state index contributed by atoms with van der Waals surface area (Å²) in [6.07, 6.45) is -2.83. The fourth-order valence-corrected chi connectivity index (χ4v) is 6.98. The van der Waals surface area contributed by atoms with E-state index in [4.69, 9.17) is 9.47 Å². The number of benzene rings is 3. The molecule has 14 heteroatoms. The van der Waals surface area contributed by atoms with Gasteiger partial charge in [0.15, 0.2) is 0 Å². The second kappa shape index (κ2) is 12.1. The van der Waals surface area contributed by atoms with E-state index in [9.17, 15) is 28.5 Å². The molecule has 1 amide bonds. The van der Waals surface area contributed by atoms with Gasteiger partial charge in [0.05, 0.1) is 47.5 Å². The number of nitrogens with zero attached hydrogens (tertiary/aromatic N) is 4. The van der Waals surface area contributed by atoms with Crippen LogP contribution in [0.2, 0.25) is 0 Å². The van der Waals surface area contributed by atoms with Crippen molar-refractivity contribution in [3.05, 3.63) is 78.5 Å². The average molecular weight is 634 g/mol. The molecule has 5 aromatic rings. The number of hydrogen-bond donors (Lipinski definition) is 4. The molecule has 2 aromatic heterocycles. The third-order valence-corrected chi connectivity index (χ3v) is 9.79. The lowest BCUT2D eigenvalue weighted by atomic mass is 9.91. The zero-order chi connectivity index (χ0) is 31.9. The van der Waals surface area contributed by atoms with Crippen LogP contribution in [0.3, 0.4) is 0 Å². The molecule has 234 valence electrons. The van der Waals surface area contributed by atoms with Gasteiger partial charge >= 0.3 is 0 Å². The highest BCUT2D eigenvalue weighted by Gasteiger charge is 2.44. The molecule has 45 heavy (non-hydrogen) atoms. The topological polar surface area (TPSA) is 186 Å². The molecule has 5 atom stereocenters. The van der Waals surface area contributed by atoms with Crippen LogP contribution in [0.4, 0.5) is 0 Å². The van der Waals surface area contributed by atoms with E-state index >= 15 is 0 Å². The molecule has 6 rings (SSSR count). The maximum atomic E-state index is 14.1. The number of para-hydroxylation sites is 1. The molecule has 0 radical (unpaired) electrons. The van der Waals surface area contributed by atoms with Crippen molar-refractivity contribution in [1.82, 2.24) is 25.3 Å². The van der Waals surface area contributed by atoms with Crippen molar-refractivity contribution in [2.24, 2.45) is 0 Å². The number of hydrogen-bond acceptors (Lipinski definition) is 11. The molecule has 1 aliphatic heterocycles. The lowest BCUT2D eigenvalue weighted by Crippen LogP contribution is -2.64. The summed E-state index contributed by atoms with van der Waals surface area (Å²) in [5.41, 5.74) is 1.73. The smallest absolute Gasteiger partial charge is 0.251 e. The Balaban J connectivity index is 1.49. The van der Waals surface area contributed by atoms with E-state index in [0.29, 0.717) is 34.1 Å². The maximum absolute atomic E-state index is 14.1. The van der Waals surface area contributed by atoms with Gasteiger partial charge in [0, 0.05) is 17.1 Å². The van der Waals surface area contributed by atoms with Crippen LogP contribution in [-0.4, -0.2) is 93.8 Å². The van der Waals surface area contributed by atoms with Crippen molar-refractivity contribution in [1.29, 1.82) is 0 Å². The molecule has 4 N–H and O–H groups in total. The van der Waals surface area contributed by atoms with Crippen molar-refractivity contribution in [3.63, 3.8) is 0 Å². The Morgan fingerprint density at radius 2 is 1.78 bits per heavy atom. The third kappa shape index (κ3) is 5.40. The van der Waals surface area contributed by atoms with E-state index < -0.39 is 52.8 Å². The van der Waals surface area contributed by atoms with Gasteiger partial charge in [-0.05, 0) is 61.0 Å². The van der Waals surface area contributed by atoms with Crippen molar-refractivity contribution in [2.45, 2.75) is 53.6 Å². The average Bonchev–Trinajstić information content (AvgIpc) is 3.50. The first-order valence-electron chi connectivity index (χ1n) is 14.2. The van der Waals surface area contributed by atoms with Crippen LogP contribution < -0.4 is 10.1 Å². The van der Waals surface area contributed by atoms with Crippen LogP contribution in [-0.2, 0) is 14.6 Å². The van der Waals surface area contributed by atoms with Gasteiger partial charge < -0.3 is 30.1 Å². The van der Waals surface area contributed by atoms with Crippen LogP contribution >= 0.6 is 0 Å². The highest BCUT2D eigenvalue weighted by molar-refractivity contribution is 7.91. The number of sulfone groups is 1. The zero-order valence-corrected chi connectivity index (χ0v) is 25.1. The SMILES string of the molecule is CCC1OC(CO)C(O)C(O)C1NC(=O)c1ccc2ncc(S(=O)(=O)c3ccc(OC)cc3)c(-n3nnc4ccccc43)c2c1. The summed E-state index contributed by atoms with van der Waals surface area (Å²) in [5.74, 6) is -0.114. The molecule has 1 fully saturated rings. The van der Waals surface area contributed by atoms with Gasteiger partial charge in [0.25, 0.3) is 5.91 Å². The number of aliphatic hydroxyl groups excluding tert-OH is 3. The van der Waals surface area contributed by atoms with Gasteiger partial charge in [-0.3, -0.25) is 9.78 Å². The number of carbonyl (C=O) groups excluding carboxylic acids is 1. The molecular weight excluding hydrogens is 602 g/mol. The number of nitrogens with one attached hydrogen (secondary N) is 1. The Morgan fingerprint density at radius 3 is 2.49 bits per heavy atom. The van der Waals surface area contributed by atoms with Gasteiger partial charge in [-0.25, -0.2) is 13.1 Å². The Bertz CT molecular complexity index is 1980. The Kier molecular flexibility index (Phi) is 8.24. The highest BCUT2D eigenvalue weighted by Crippen LogP contribution is 2.34. The van der Waals surface area contributed by atoms with Crippen molar-refractivity contribution in [3.8, 4) is 11.4 Å². The quantitative estimate of drug-likeness (QED) is 0.195. The molecule has 3 aromatic carbocycles. The first kappa shape index (κ1) is 30.6. The number of rotatable bonds is 8. The molecule has 0 spiro atoms. The number of pyridine rings is 1. The summed E-state index contributed by atoms with van der Waals surface area (Å²) in [5, 5.41) is 42.3. The largest absolute Gasteiger partial charge is 0.497 e. The predicted molar refractivity (Wildman–Crippen MR) is 162 cm³/mol. The summed E-state index contributed by atoms with van der Waals surface area (Å²) >= 11 is 0. The van der Waals surface area contributed by atoms with Crippen LogP contribution in [0.1, 0.15) is 23.7 Å². The van der Waals surface area contributed by atoms with Crippen LogP contribution in [0.15, 0.2) is 82.7 Å². The fourth-order valence-electron chi connectivity index (χ4n) is 5.59. The second-order valence-corrected chi connectivity index (χ2v) is 12.6. The fraction of sp³-hybridized carbons (Fsp3) is 0.290. The van der Waals surface area contributed by atoms with Crippen LogP contribution in [0.5, 0.6) is 5.75 Å². The Morgan fingerprint density at radius 1 is 1.02 bits per heavy atom. The van der Waals surface area contributed by atoms with Crippen LogP contribution in [0, 0.1) is 0 Å². The summed E-state index contributed by atoms with van der Waals surface area (Å²) in [7, 11) is -2.69. The monoisotopic (exact) mass is 633 g/mol. The molecule has 0 saturated carbocycles. The van der Waals surface area contributed by atoms with E-state index in [1.165, 1.54) is 42.3 Å². The highest BCUT2D eigenvalue weighted by atomic mass is 32.2. The van der Waals surface area contributed by atoms with E-state index in [1.807, 2.05) is 0 Å². The summed E-state index contributed by atoms with van der Waals surface area (Å²) in [6, 6.07) is 16.6. The molecule has 0 bridgehead atoms. The molecule has 3 heterocycles. The number of aliphatic hydroxyl groups is 3. The van der Waals surface area contributed by atoms with Crippen LogP contribution in [0.25, 0.3) is 27.6 Å². The number of carbonyl (C=O) groups is 1. The lowest BCUT2D eigenvalue weighted by Gasteiger charge is -2.42. The maximum Gasteiger partial charge on any atom is 0.251 e. The van der Waals surface area contributed by atoms with E-state index in [1.54, 1.807) is 49.4 Å². The number of aromatic nitrogens is 4. The predicted octanol–water partition coefficient (Wildman–Crippen LogP) is 1.80. The molecule has 1 aliphatic rings.